The molecule has 2 heterocycles. The first-order valence-electron chi connectivity index (χ1n) is 8.44. The van der Waals surface area contributed by atoms with Crippen LogP contribution in [-0.4, -0.2) is 32.3 Å². The summed E-state index contributed by atoms with van der Waals surface area (Å²) in [4.78, 5) is 4.33. The molecule has 0 aliphatic rings. The molecule has 28 heavy (non-hydrogen) atoms. The van der Waals surface area contributed by atoms with Gasteiger partial charge in [0.1, 0.15) is 5.75 Å². The molecule has 0 saturated carbocycles. The number of ether oxygens (including phenoxy) is 1. The van der Waals surface area contributed by atoms with Crippen LogP contribution in [-0.2, 0) is 12.3 Å². The highest BCUT2D eigenvalue weighted by molar-refractivity contribution is 7.98. The molecule has 0 radical (unpaired) electrons. The maximum atomic E-state index is 5.92. The summed E-state index contributed by atoms with van der Waals surface area (Å²) in [5.41, 5.74) is 2.01. The van der Waals surface area contributed by atoms with Crippen molar-refractivity contribution in [3.63, 3.8) is 0 Å². The van der Waals surface area contributed by atoms with E-state index < -0.39 is 0 Å². The van der Waals surface area contributed by atoms with Gasteiger partial charge in [-0.15, -0.1) is 5.10 Å². The molecule has 7 nitrogen and oxygen atoms in total. The summed E-state index contributed by atoms with van der Waals surface area (Å²) in [5, 5.41) is 13.3. The van der Waals surface area contributed by atoms with Crippen LogP contribution in [0.15, 0.2) is 64.3 Å². The van der Waals surface area contributed by atoms with E-state index in [1.165, 1.54) is 11.8 Å². The van der Waals surface area contributed by atoms with Gasteiger partial charge in [-0.2, -0.15) is 0 Å². The van der Waals surface area contributed by atoms with Gasteiger partial charge in [0.15, 0.2) is 5.76 Å². The fraction of sp³-hybridized carbons (Fsp3) is 0.158. The number of nitrogens with zero attached hydrogens (tertiary/aromatic N) is 5. The zero-order chi connectivity index (χ0) is 19.3. The number of rotatable bonds is 7. The van der Waals surface area contributed by atoms with Gasteiger partial charge in [0, 0.05) is 10.6 Å². The lowest BCUT2D eigenvalue weighted by molar-refractivity contribution is 0.414. The molecule has 0 N–H and O–H groups in total. The van der Waals surface area contributed by atoms with Crippen LogP contribution in [0.5, 0.6) is 5.75 Å². The van der Waals surface area contributed by atoms with Gasteiger partial charge in [0.25, 0.3) is 0 Å². The van der Waals surface area contributed by atoms with Crippen LogP contribution in [0.4, 0.5) is 0 Å². The lowest BCUT2D eigenvalue weighted by atomic mass is 10.2. The molecule has 2 aromatic carbocycles. The predicted octanol–water partition coefficient (Wildman–Crippen LogP) is 4.33. The third-order valence-electron chi connectivity index (χ3n) is 4.00. The highest BCUT2D eigenvalue weighted by Crippen LogP contribution is 2.26. The molecule has 2 aromatic heterocycles. The summed E-state index contributed by atoms with van der Waals surface area (Å²) in [5.74, 6) is 2.64. The topological polar surface area (TPSA) is 78.9 Å². The average molecular weight is 414 g/mol. The van der Waals surface area contributed by atoms with E-state index in [0.717, 1.165) is 16.9 Å². The fourth-order valence-electron chi connectivity index (χ4n) is 2.55. The summed E-state index contributed by atoms with van der Waals surface area (Å²) in [6.45, 7) is 0.570. The zero-order valence-electron chi connectivity index (χ0n) is 14.9. The molecule has 0 unspecified atom stereocenters. The molecule has 0 aliphatic heterocycles. The molecular weight excluding hydrogens is 398 g/mol. The van der Waals surface area contributed by atoms with Crippen LogP contribution >= 0.6 is 23.4 Å². The van der Waals surface area contributed by atoms with Gasteiger partial charge in [-0.1, -0.05) is 35.5 Å². The Morgan fingerprint density at radius 1 is 1.11 bits per heavy atom. The summed E-state index contributed by atoms with van der Waals surface area (Å²) < 4.78 is 12.8. The van der Waals surface area contributed by atoms with E-state index in [0.29, 0.717) is 34.1 Å². The standard InChI is InChI=1S/C19H16ClN5O2S/c1-26-16-8-2-13(3-9-16)11-25-19(22-23-24-25)28-12-18-21-10-17(27-18)14-4-6-15(20)7-5-14/h2-10H,11-12H2,1H3. The van der Waals surface area contributed by atoms with Gasteiger partial charge >= 0.3 is 0 Å². The Balaban J connectivity index is 1.40. The normalized spacial score (nSPS) is 10.9. The van der Waals surface area contributed by atoms with Crippen LogP contribution < -0.4 is 4.74 Å². The number of thioether (sulfide) groups is 1. The smallest absolute Gasteiger partial charge is 0.210 e. The number of halogens is 1. The molecule has 142 valence electrons. The second-order valence-electron chi connectivity index (χ2n) is 5.88. The van der Waals surface area contributed by atoms with Gasteiger partial charge in [-0.05, 0) is 52.4 Å². The van der Waals surface area contributed by atoms with Gasteiger partial charge in [0.05, 0.1) is 25.6 Å². The minimum atomic E-state index is 0.524. The minimum absolute atomic E-state index is 0.524. The van der Waals surface area contributed by atoms with Gasteiger partial charge in [0.2, 0.25) is 11.0 Å². The Hall–Kier alpha value is -2.84. The van der Waals surface area contributed by atoms with Gasteiger partial charge in [-0.25, -0.2) is 9.67 Å². The van der Waals surface area contributed by atoms with E-state index in [-0.39, 0.29) is 0 Å². The highest BCUT2D eigenvalue weighted by Gasteiger charge is 2.12. The van der Waals surface area contributed by atoms with Crippen LogP contribution in [0.25, 0.3) is 11.3 Å². The second kappa shape index (κ2) is 8.45. The van der Waals surface area contributed by atoms with Crippen LogP contribution in [0.2, 0.25) is 5.02 Å². The third-order valence-corrected chi connectivity index (χ3v) is 5.19. The molecule has 4 aromatic rings. The van der Waals surface area contributed by atoms with E-state index >= 15 is 0 Å². The van der Waals surface area contributed by atoms with Crippen molar-refractivity contribution in [1.29, 1.82) is 0 Å². The van der Waals surface area contributed by atoms with E-state index in [1.54, 1.807) is 18.0 Å². The number of hydrogen-bond donors (Lipinski definition) is 0. The Labute approximate surface area is 170 Å². The zero-order valence-corrected chi connectivity index (χ0v) is 16.5. The predicted molar refractivity (Wildman–Crippen MR) is 106 cm³/mol. The highest BCUT2D eigenvalue weighted by atomic mass is 35.5. The van der Waals surface area contributed by atoms with E-state index in [1.807, 2.05) is 48.5 Å². The monoisotopic (exact) mass is 413 g/mol. The minimum Gasteiger partial charge on any atom is -0.497 e. The van der Waals surface area contributed by atoms with Crippen molar-refractivity contribution in [2.75, 3.05) is 7.11 Å². The molecule has 0 saturated heterocycles. The summed E-state index contributed by atoms with van der Waals surface area (Å²) in [6, 6.07) is 15.2. The number of oxazole rings is 1. The Kier molecular flexibility index (Phi) is 5.59. The van der Waals surface area contributed by atoms with Crippen molar-refractivity contribution in [2.45, 2.75) is 17.5 Å². The quantitative estimate of drug-likeness (QED) is 0.417. The molecule has 0 spiro atoms. The SMILES string of the molecule is COc1ccc(Cn2nnnc2SCc2ncc(-c3ccc(Cl)cc3)o2)cc1. The largest absolute Gasteiger partial charge is 0.497 e. The summed E-state index contributed by atoms with van der Waals surface area (Å²) in [6.07, 6.45) is 1.71. The van der Waals surface area contributed by atoms with Crippen LogP contribution in [0.1, 0.15) is 11.5 Å². The lowest BCUT2D eigenvalue weighted by Gasteiger charge is -2.05. The first kappa shape index (κ1) is 18.5. The van der Waals surface area contributed by atoms with E-state index in [2.05, 4.69) is 20.5 Å². The number of tetrazole rings is 1. The molecule has 0 fully saturated rings. The van der Waals surface area contributed by atoms with Crippen molar-refractivity contribution < 1.29 is 9.15 Å². The lowest BCUT2D eigenvalue weighted by Crippen LogP contribution is -2.04. The van der Waals surface area contributed by atoms with Crippen molar-refractivity contribution >= 4 is 23.4 Å². The van der Waals surface area contributed by atoms with Gasteiger partial charge < -0.3 is 9.15 Å². The molecular formula is C19H16ClN5O2S. The molecule has 4 rings (SSSR count). The summed E-state index contributed by atoms with van der Waals surface area (Å²) in [7, 11) is 1.64. The Morgan fingerprint density at radius 3 is 2.64 bits per heavy atom. The number of aromatic nitrogens is 5. The third kappa shape index (κ3) is 4.35. The Morgan fingerprint density at radius 2 is 1.89 bits per heavy atom. The van der Waals surface area contributed by atoms with Gasteiger partial charge in [-0.3, -0.25) is 0 Å². The number of hydrogen-bond acceptors (Lipinski definition) is 7. The van der Waals surface area contributed by atoms with Crippen molar-refractivity contribution in [2.24, 2.45) is 0 Å². The molecule has 0 amide bonds. The van der Waals surface area contributed by atoms with E-state index in [4.69, 9.17) is 20.8 Å². The van der Waals surface area contributed by atoms with Crippen LogP contribution in [0.3, 0.4) is 0 Å². The van der Waals surface area contributed by atoms with Crippen molar-refractivity contribution in [1.82, 2.24) is 25.2 Å². The maximum Gasteiger partial charge on any atom is 0.210 e. The molecule has 0 atom stereocenters. The van der Waals surface area contributed by atoms with Crippen molar-refractivity contribution in [3.8, 4) is 17.1 Å². The van der Waals surface area contributed by atoms with Crippen LogP contribution in [0, 0.1) is 0 Å². The second-order valence-corrected chi connectivity index (χ2v) is 7.26. The maximum absolute atomic E-state index is 5.92. The average Bonchev–Trinajstić information content (AvgIpc) is 3.37. The Bertz CT molecular complexity index is 1050. The number of methoxy groups -OCH3 is 1. The molecule has 0 bridgehead atoms. The van der Waals surface area contributed by atoms with E-state index in [9.17, 15) is 0 Å². The first-order chi connectivity index (χ1) is 13.7. The molecule has 9 heteroatoms. The molecule has 0 aliphatic carbocycles. The summed E-state index contributed by atoms with van der Waals surface area (Å²) >= 11 is 7.39. The fourth-order valence-corrected chi connectivity index (χ4v) is 3.41. The number of benzene rings is 2. The first-order valence-corrected chi connectivity index (χ1v) is 9.80. The van der Waals surface area contributed by atoms with Crippen molar-refractivity contribution in [3.05, 3.63) is 71.2 Å².